The van der Waals surface area contributed by atoms with E-state index in [1.807, 2.05) is 30.3 Å². The van der Waals surface area contributed by atoms with E-state index in [0.29, 0.717) is 6.42 Å². The van der Waals surface area contributed by atoms with E-state index in [-0.39, 0.29) is 11.4 Å². The Morgan fingerprint density at radius 3 is 2.85 bits per heavy atom. The van der Waals surface area contributed by atoms with Gasteiger partial charge >= 0.3 is 0 Å². The molecule has 4 nitrogen and oxygen atoms in total. The summed E-state index contributed by atoms with van der Waals surface area (Å²) in [5, 5.41) is 3.93. The van der Waals surface area contributed by atoms with Crippen molar-refractivity contribution in [1.29, 1.82) is 0 Å². The highest BCUT2D eigenvalue weighted by Gasteiger charge is 2.31. The van der Waals surface area contributed by atoms with Gasteiger partial charge in [0.2, 0.25) is 5.91 Å². The molecule has 0 bridgehead atoms. The Labute approximate surface area is 118 Å². The lowest BCUT2D eigenvalue weighted by Gasteiger charge is -2.22. The summed E-state index contributed by atoms with van der Waals surface area (Å²) in [5.41, 5.74) is 7.58. The number of carbonyl (C=O) groups is 1. The minimum atomic E-state index is -0.311. The predicted octanol–water partition coefficient (Wildman–Crippen LogP) is 2.83. The summed E-state index contributed by atoms with van der Waals surface area (Å²) >= 11 is 0. The zero-order valence-electron chi connectivity index (χ0n) is 11.4. The summed E-state index contributed by atoms with van der Waals surface area (Å²) in [5.74, 6) is -0.0218. The van der Waals surface area contributed by atoms with Crippen LogP contribution in [0.1, 0.15) is 32.1 Å². The van der Waals surface area contributed by atoms with Crippen molar-refractivity contribution >= 4 is 22.5 Å². The Morgan fingerprint density at radius 2 is 2.05 bits per heavy atom. The molecule has 1 aromatic carbocycles. The molecule has 1 aromatic heterocycles. The second kappa shape index (κ2) is 5.21. The number of benzene rings is 1. The molecule has 1 aliphatic carbocycles. The first-order chi connectivity index (χ1) is 9.65. The lowest BCUT2D eigenvalue weighted by atomic mass is 9.94. The zero-order valence-corrected chi connectivity index (χ0v) is 11.4. The third-order valence-electron chi connectivity index (χ3n) is 3.99. The maximum absolute atomic E-state index is 12.1. The average Bonchev–Trinajstić information content (AvgIpc) is 2.84. The number of para-hydroxylation sites is 1. The number of carbonyl (C=O) groups excluding carboxylic acids is 1. The number of nitrogens with one attached hydrogen (secondary N) is 1. The number of anilines is 1. The zero-order chi connectivity index (χ0) is 14.0. The Balaban J connectivity index is 1.70. The third kappa shape index (κ3) is 2.80. The number of fused-ring (bicyclic) bond motifs is 1. The van der Waals surface area contributed by atoms with Crippen LogP contribution in [-0.4, -0.2) is 16.4 Å². The van der Waals surface area contributed by atoms with E-state index >= 15 is 0 Å². The maximum atomic E-state index is 12.1. The van der Waals surface area contributed by atoms with Crippen molar-refractivity contribution in [1.82, 2.24) is 4.98 Å². The van der Waals surface area contributed by atoms with Gasteiger partial charge in [0.15, 0.2) is 0 Å². The molecule has 1 heterocycles. The molecule has 0 aliphatic heterocycles. The highest BCUT2D eigenvalue weighted by atomic mass is 16.1. The van der Waals surface area contributed by atoms with Crippen LogP contribution in [0.15, 0.2) is 36.5 Å². The van der Waals surface area contributed by atoms with Crippen molar-refractivity contribution < 1.29 is 4.79 Å². The van der Waals surface area contributed by atoms with E-state index in [0.717, 1.165) is 42.3 Å². The van der Waals surface area contributed by atoms with E-state index in [4.69, 9.17) is 5.73 Å². The van der Waals surface area contributed by atoms with E-state index in [2.05, 4.69) is 10.3 Å². The van der Waals surface area contributed by atoms with Crippen molar-refractivity contribution in [3.05, 3.63) is 36.5 Å². The van der Waals surface area contributed by atoms with E-state index in [1.54, 1.807) is 6.20 Å². The fourth-order valence-electron chi connectivity index (χ4n) is 2.92. The second-order valence-corrected chi connectivity index (χ2v) is 5.71. The van der Waals surface area contributed by atoms with Gasteiger partial charge in [-0.05, 0) is 25.0 Å². The summed E-state index contributed by atoms with van der Waals surface area (Å²) in [6, 6.07) is 9.79. The molecule has 3 rings (SSSR count). The molecular weight excluding hydrogens is 250 g/mol. The molecule has 2 aromatic rings. The topological polar surface area (TPSA) is 68.0 Å². The van der Waals surface area contributed by atoms with Crippen LogP contribution in [0.3, 0.4) is 0 Å². The van der Waals surface area contributed by atoms with E-state index in [9.17, 15) is 4.79 Å². The molecule has 1 amide bonds. The van der Waals surface area contributed by atoms with Gasteiger partial charge in [0.05, 0.1) is 17.4 Å². The number of amides is 1. The van der Waals surface area contributed by atoms with Crippen LogP contribution in [0.5, 0.6) is 0 Å². The van der Waals surface area contributed by atoms with Gasteiger partial charge in [0, 0.05) is 17.3 Å². The first-order valence-electron chi connectivity index (χ1n) is 7.08. The molecule has 0 unspecified atom stereocenters. The van der Waals surface area contributed by atoms with Gasteiger partial charge in [-0.15, -0.1) is 0 Å². The van der Waals surface area contributed by atoms with Crippen LogP contribution >= 0.6 is 0 Å². The Bertz CT molecular complexity index is 632. The maximum Gasteiger partial charge on any atom is 0.226 e. The highest BCUT2D eigenvalue weighted by molar-refractivity contribution is 5.93. The molecule has 1 saturated carbocycles. The van der Waals surface area contributed by atoms with Gasteiger partial charge < -0.3 is 11.1 Å². The number of nitrogens with two attached hydrogens (primary N) is 1. The molecular formula is C16H19N3O. The van der Waals surface area contributed by atoms with Crippen LogP contribution in [0, 0.1) is 0 Å². The summed E-state index contributed by atoms with van der Waals surface area (Å²) in [7, 11) is 0. The molecule has 4 heteroatoms. The minimum absolute atomic E-state index is 0.0218. The quantitative estimate of drug-likeness (QED) is 0.900. The summed E-state index contributed by atoms with van der Waals surface area (Å²) in [4.78, 5) is 16.4. The molecule has 0 saturated heterocycles. The molecule has 0 radical (unpaired) electrons. The fourth-order valence-corrected chi connectivity index (χ4v) is 2.92. The number of rotatable bonds is 3. The standard InChI is InChI=1S/C16H19N3O/c17-16(7-3-4-8-16)10-15(20)19-13-9-12-5-1-2-6-14(12)18-11-13/h1-2,5-6,9,11H,3-4,7-8,10,17H2,(H,19,20). The monoisotopic (exact) mass is 269 g/mol. The molecule has 1 fully saturated rings. The minimum Gasteiger partial charge on any atom is -0.325 e. The second-order valence-electron chi connectivity index (χ2n) is 5.71. The fraction of sp³-hybridized carbons (Fsp3) is 0.375. The summed E-state index contributed by atoms with van der Waals surface area (Å²) < 4.78 is 0. The normalized spacial score (nSPS) is 17.2. The van der Waals surface area contributed by atoms with E-state index in [1.165, 1.54) is 0 Å². The number of nitrogens with zero attached hydrogens (tertiary/aromatic N) is 1. The van der Waals surface area contributed by atoms with Gasteiger partial charge in [0.1, 0.15) is 0 Å². The lowest BCUT2D eigenvalue weighted by molar-refractivity contribution is -0.117. The number of pyridine rings is 1. The Kier molecular flexibility index (Phi) is 3.40. The van der Waals surface area contributed by atoms with Gasteiger partial charge in [-0.2, -0.15) is 0 Å². The first-order valence-corrected chi connectivity index (χ1v) is 7.08. The van der Waals surface area contributed by atoms with Crippen molar-refractivity contribution in [2.75, 3.05) is 5.32 Å². The van der Waals surface area contributed by atoms with Crippen LogP contribution in [0.2, 0.25) is 0 Å². The SMILES string of the molecule is NC1(CC(=O)Nc2cnc3ccccc3c2)CCCC1. The average molecular weight is 269 g/mol. The van der Waals surface area contributed by atoms with Crippen LogP contribution < -0.4 is 11.1 Å². The third-order valence-corrected chi connectivity index (χ3v) is 3.99. The van der Waals surface area contributed by atoms with Crippen LogP contribution in [0.4, 0.5) is 5.69 Å². The van der Waals surface area contributed by atoms with E-state index < -0.39 is 0 Å². The van der Waals surface area contributed by atoms with Crippen molar-refractivity contribution in [2.45, 2.75) is 37.6 Å². The van der Waals surface area contributed by atoms with Crippen molar-refractivity contribution in [2.24, 2.45) is 5.73 Å². The number of aromatic nitrogens is 1. The van der Waals surface area contributed by atoms with Gasteiger partial charge in [-0.25, -0.2) is 0 Å². The van der Waals surface area contributed by atoms with Gasteiger partial charge in [-0.3, -0.25) is 9.78 Å². The van der Waals surface area contributed by atoms with Crippen molar-refractivity contribution in [3.63, 3.8) is 0 Å². The molecule has 3 N–H and O–H groups in total. The molecule has 20 heavy (non-hydrogen) atoms. The number of hydrogen-bond acceptors (Lipinski definition) is 3. The molecule has 1 aliphatic rings. The number of hydrogen-bond donors (Lipinski definition) is 2. The summed E-state index contributed by atoms with van der Waals surface area (Å²) in [6.07, 6.45) is 6.22. The summed E-state index contributed by atoms with van der Waals surface area (Å²) in [6.45, 7) is 0. The predicted molar refractivity (Wildman–Crippen MR) is 80.4 cm³/mol. The van der Waals surface area contributed by atoms with Crippen molar-refractivity contribution in [3.8, 4) is 0 Å². The Morgan fingerprint density at radius 1 is 1.30 bits per heavy atom. The van der Waals surface area contributed by atoms with Crippen LogP contribution in [-0.2, 0) is 4.79 Å². The first kappa shape index (κ1) is 13.1. The molecule has 0 atom stereocenters. The van der Waals surface area contributed by atoms with Gasteiger partial charge in [-0.1, -0.05) is 31.0 Å². The largest absolute Gasteiger partial charge is 0.325 e. The molecule has 104 valence electrons. The lowest BCUT2D eigenvalue weighted by Crippen LogP contribution is -2.40. The smallest absolute Gasteiger partial charge is 0.226 e. The van der Waals surface area contributed by atoms with Crippen LogP contribution in [0.25, 0.3) is 10.9 Å². The Hall–Kier alpha value is -1.94. The highest BCUT2D eigenvalue weighted by Crippen LogP contribution is 2.30. The van der Waals surface area contributed by atoms with Gasteiger partial charge in [0.25, 0.3) is 0 Å². The molecule has 0 spiro atoms.